The summed E-state index contributed by atoms with van der Waals surface area (Å²) in [4.78, 5) is 19.8. The van der Waals surface area contributed by atoms with Gasteiger partial charge in [-0.3, -0.25) is 4.79 Å². The Morgan fingerprint density at radius 2 is 1.85 bits per heavy atom. The Bertz CT molecular complexity index is 667. The molecule has 0 saturated carbocycles. The van der Waals surface area contributed by atoms with E-state index in [1.807, 2.05) is 0 Å². The van der Waals surface area contributed by atoms with Crippen molar-refractivity contribution in [2.45, 2.75) is 6.92 Å². The van der Waals surface area contributed by atoms with Crippen LogP contribution in [-0.4, -0.2) is 15.9 Å². The normalized spacial score (nSPS) is 10.4. The molecule has 0 unspecified atom stereocenters. The third-order valence-electron chi connectivity index (χ3n) is 2.44. The summed E-state index contributed by atoms with van der Waals surface area (Å²) in [5.41, 5.74) is 1.33. The number of nitrogens with zero attached hydrogens (tertiary/aromatic N) is 2. The average molecular weight is 351 g/mol. The molecule has 2 aromatic heterocycles. The van der Waals surface area contributed by atoms with Gasteiger partial charge >= 0.3 is 0 Å². The molecule has 0 saturated heterocycles. The van der Waals surface area contributed by atoms with E-state index in [2.05, 4.69) is 15.3 Å². The van der Waals surface area contributed by atoms with Crippen LogP contribution in [0.25, 0.3) is 0 Å². The zero-order valence-electron chi connectivity index (χ0n) is 10.0. The lowest BCUT2D eigenvalue weighted by Crippen LogP contribution is -2.14. The maximum Gasteiger partial charge on any atom is 0.257 e. The van der Waals surface area contributed by atoms with E-state index in [0.717, 1.165) is 0 Å². The van der Waals surface area contributed by atoms with Crippen molar-refractivity contribution in [1.29, 1.82) is 0 Å². The largest absolute Gasteiger partial charge is 0.319 e. The minimum absolute atomic E-state index is 0.108. The predicted octanol–water partition coefficient (Wildman–Crippen LogP) is 4.65. The lowest BCUT2D eigenvalue weighted by Gasteiger charge is -2.10. The Kier molecular flexibility index (Phi) is 4.70. The van der Waals surface area contributed by atoms with Crippen LogP contribution in [0.2, 0.25) is 20.5 Å². The standard InChI is InChI=1S/C12H7Cl4N3O/c1-5-2-8(14)18-11(16)9(5)19-12(20)6-3-7(13)10(15)17-4-6/h2-4H,1H3,(H,19,20). The fourth-order valence-corrected chi connectivity index (χ4v) is 2.33. The Labute approximate surface area is 135 Å². The van der Waals surface area contributed by atoms with E-state index < -0.39 is 5.91 Å². The van der Waals surface area contributed by atoms with E-state index in [-0.39, 0.29) is 26.0 Å². The highest BCUT2D eigenvalue weighted by Crippen LogP contribution is 2.27. The molecule has 2 rings (SSSR count). The van der Waals surface area contributed by atoms with E-state index >= 15 is 0 Å². The second kappa shape index (κ2) is 6.14. The summed E-state index contributed by atoms with van der Waals surface area (Å²) in [7, 11) is 0. The van der Waals surface area contributed by atoms with Crippen molar-refractivity contribution < 1.29 is 4.79 Å². The van der Waals surface area contributed by atoms with Crippen molar-refractivity contribution in [3.05, 3.63) is 49.9 Å². The van der Waals surface area contributed by atoms with Gasteiger partial charge in [0.2, 0.25) is 0 Å². The van der Waals surface area contributed by atoms with Crippen molar-refractivity contribution in [2.75, 3.05) is 5.32 Å². The molecule has 0 spiro atoms. The molecule has 0 aliphatic heterocycles. The number of nitrogens with one attached hydrogen (secondary N) is 1. The van der Waals surface area contributed by atoms with E-state index in [0.29, 0.717) is 11.3 Å². The predicted molar refractivity (Wildman–Crippen MR) is 81.2 cm³/mol. The van der Waals surface area contributed by atoms with Gasteiger partial charge in [0.15, 0.2) is 5.15 Å². The van der Waals surface area contributed by atoms with Gasteiger partial charge in [0.25, 0.3) is 5.91 Å². The third-order valence-corrected chi connectivity index (χ3v) is 3.59. The van der Waals surface area contributed by atoms with Crippen LogP contribution >= 0.6 is 46.4 Å². The molecule has 0 radical (unpaired) electrons. The number of halogens is 4. The molecule has 104 valence electrons. The topological polar surface area (TPSA) is 54.9 Å². The molecule has 1 N–H and O–H groups in total. The molecule has 20 heavy (non-hydrogen) atoms. The van der Waals surface area contributed by atoms with Gasteiger partial charge in [-0.15, -0.1) is 0 Å². The van der Waals surface area contributed by atoms with E-state index in [1.165, 1.54) is 12.3 Å². The number of pyridine rings is 2. The van der Waals surface area contributed by atoms with E-state index in [4.69, 9.17) is 46.4 Å². The number of anilines is 1. The van der Waals surface area contributed by atoms with Crippen LogP contribution in [0.3, 0.4) is 0 Å². The monoisotopic (exact) mass is 349 g/mol. The summed E-state index contributed by atoms with van der Waals surface area (Å²) in [5.74, 6) is -0.426. The van der Waals surface area contributed by atoms with Crippen molar-refractivity contribution in [2.24, 2.45) is 0 Å². The summed E-state index contributed by atoms with van der Waals surface area (Å²) in [6, 6.07) is 3.01. The summed E-state index contributed by atoms with van der Waals surface area (Å²) in [6.07, 6.45) is 1.32. The molecule has 2 aromatic rings. The lowest BCUT2D eigenvalue weighted by atomic mass is 10.2. The number of aromatic nitrogens is 2. The van der Waals surface area contributed by atoms with Crippen molar-refractivity contribution in [3.8, 4) is 0 Å². The van der Waals surface area contributed by atoms with Gasteiger partial charge in [0, 0.05) is 6.20 Å². The van der Waals surface area contributed by atoms with Gasteiger partial charge in [-0.05, 0) is 24.6 Å². The van der Waals surface area contributed by atoms with Crippen LogP contribution in [0.4, 0.5) is 5.69 Å². The van der Waals surface area contributed by atoms with Crippen LogP contribution in [0.5, 0.6) is 0 Å². The minimum Gasteiger partial charge on any atom is -0.319 e. The Balaban J connectivity index is 2.30. The van der Waals surface area contributed by atoms with Crippen LogP contribution in [0.15, 0.2) is 18.3 Å². The molecular formula is C12H7Cl4N3O. The number of hydrogen-bond donors (Lipinski definition) is 1. The molecule has 2 heterocycles. The first-order valence-corrected chi connectivity index (χ1v) is 6.84. The van der Waals surface area contributed by atoms with Crippen molar-refractivity contribution >= 4 is 58.0 Å². The Hall–Kier alpha value is -1.07. The van der Waals surface area contributed by atoms with Crippen LogP contribution in [0.1, 0.15) is 15.9 Å². The molecular weight excluding hydrogens is 344 g/mol. The molecule has 0 atom stereocenters. The first kappa shape index (κ1) is 15.3. The number of carbonyl (C=O) groups excluding carboxylic acids is 1. The first-order valence-electron chi connectivity index (χ1n) is 5.33. The first-order chi connectivity index (χ1) is 9.38. The van der Waals surface area contributed by atoms with Gasteiger partial charge in [-0.1, -0.05) is 46.4 Å². The third kappa shape index (κ3) is 3.33. The molecule has 0 aromatic carbocycles. The summed E-state index contributed by atoms with van der Waals surface area (Å²) in [6.45, 7) is 1.75. The minimum atomic E-state index is -0.426. The second-order valence-corrected chi connectivity index (χ2v) is 5.39. The number of aryl methyl sites for hydroxylation is 1. The summed E-state index contributed by atoms with van der Waals surface area (Å²) < 4.78 is 0. The molecule has 0 bridgehead atoms. The molecule has 0 aliphatic rings. The molecule has 0 fully saturated rings. The smallest absolute Gasteiger partial charge is 0.257 e. The molecule has 0 aliphatic carbocycles. The van der Waals surface area contributed by atoms with Gasteiger partial charge in [0.05, 0.1) is 16.3 Å². The fraction of sp³-hybridized carbons (Fsp3) is 0.0833. The maximum atomic E-state index is 12.1. The number of hydrogen-bond acceptors (Lipinski definition) is 3. The highest BCUT2D eigenvalue weighted by Gasteiger charge is 2.14. The van der Waals surface area contributed by atoms with Crippen LogP contribution in [-0.2, 0) is 0 Å². The van der Waals surface area contributed by atoms with Crippen molar-refractivity contribution in [1.82, 2.24) is 9.97 Å². The van der Waals surface area contributed by atoms with Gasteiger partial charge in [-0.2, -0.15) is 0 Å². The van der Waals surface area contributed by atoms with E-state index in [1.54, 1.807) is 13.0 Å². The zero-order valence-corrected chi connectivity index (χ0v) is 13.1. The SMILES string of the molecule is Cc1cc(Cl)nc(Cl)c1NC(=O)c1cnc(Cl)c(Cl)c1. The van der Waals surface area contributed by atoms with Crippen LogP contribution < -0.4 is 5.32 Å². The average Bonchev–Trinajstić information content (AvgIpc) is 2.36. The number of amides is 1. The second-order valence-electron chi connectivity index (χ2n) is 3.88. The summed E-state index contributed by atoms with van der Waals surface area (Å²) >= 11 is 23.2. The zero-order chi connectivity index (χ0) is 14.9. The summed E-state index contributed by atoms with van der Waals surface area (Å²) in [5, 5.41) is 3.32. The molecule has 8 heteroatoms. The maximum absolute atomic E-state index is 12.1. The quantitative estimate of drug-likeness (QED) is 0.802. The number of rotatable bonds is 2. The van der Waals surface area contributed by atoms with Gasteiger partial charge in [0.1, 0.15) is 10.3 Å². The van der Waals surface area contributed by atoms with Crippen molar-refractivity contribution in [3.63, 3.8) is 0 Å². The highest BCUT2D eigenvalue weighted by atomic mass is 35.5. The van der Waals surface area contributed by atoms with Gasteiger partial charge in [-0.25, -0.2) is 9.97 Å². The number of carbonyl (C=O) groups is 1. The van der Waals surface area contributed by atoms with E-state index in [9.17, 15) is 4.79 Å². The molecule has 4 nitrogen and oxygen atoms in total. The Morgan fingerprint density at radius 1 is 1.15 bits per heavy atom. The lowest BCUT2D eigenvalue weighted by molar-refractivity contribution is 0.102. The Morgan fingerprint density at radius 3 is 2.45 bits per heavy atom. The fourth-order valence-electron chi connectivity index (χ4n) is 1.48. The molecule has 1 amide bonds. The highest BCUT2D eigenvalue weighted by molar-refractivity contribution is 6.41. The van der Waals surface area contributed by atoms with Crippen LogP contribution in [0, 0.1) is 6.92 Å². The van der Waals surface area contributed by atoms with Gasteiger partial charge < -0.3 is 5.32 Å².